The second-order valence-electron chi connectivity index (χ2n) is 10.5. The van der Waals surface area contributed by atoms with E-state index >= 15 is 0 Å². The van der Waals surface area contributed by atoms with Crippen LogP contribution in [0.1, 0.15) is 44.5 Å². The van der Waals surface area contributed by atoms with E-state index < -0.39 is 28.2 Å². The van der Waals surface area contributed by atoms with Gasteiger partial charge in [-0.15, -0.1) is 0 Å². The predicted molar refractivity (Wildman–Crippen MR) is 153 cm³/mol. The Bertz CT molecular complexity index is 1680. The van der Waals surface area contributed by atoms with Gasteiger partial charge in [-0.3, -0.25) is 0 Å². The Morgan fingerprint density at radius 3 is 1.70 bits per heavy atom. The number of benzene rings is 4. The first-order chi connectivity index (χ1) is 18.7. The van der Waals surface area contributed by atoms with Crippen LogP contribution in [0.15, 0.2) is 71.6 Å². The molecule has 0 aromatic heterocycles. The summed E-state index contributed by atoms with van der Waals surface area (Å²) in [5.74, 6) is 0. The highest BCUT2D eigenvalue weighted by Gasteiger charge is 2.47. The lowest BCUT2D eigenvalue weighted by molar-refractivity contribution is -0.121. The number of sulfonamides is 1. The van der Waals surface area contributed by atoms with Gasteiger partial charge < -0.3 is 11.5 Å². The molecule has 0 amide bonds. The molecule has 9 heteroatoms. The average Bonchev–Trinajstić information content (AvgIpc) is 3.19. The van der Waals surface area contributed by atoms with Gasteiger partial charge in [0.25, 0.3) is 0 Å². The first-order valence-electron chi connectivity index (χ1n) is 12.7. The van der Waals surface area contributed by atoms with Crippen LogP contribution in [0.2, 0.25) is 0 Å². The minimum absolute atomic E-state index is 0.250. The Morgan fingerprint density at radius 2 is 1.20 bits per heavy atom. The van der Waals surface area contributed by atoms with E-state index in [1.54, 1.807) is 10.8 Å². The molecule has 4 aromatic carbocycles. The highest BCUT2D eigenvalue weighted by atomic mass is 32.2. The van der Waals surface area contributed by atoms with Gasteiger partial charge in [-0.05, 0) is 95.5 Å². The fourth-order valence-corrected chi connectivity index (χ4v) is 6.90. The van der Waals surface area contributed by atoms with Crippen molar-refractivity contribution in [2.75, 3.05) is 18.0 Å². The molecule has 40 heavy (non-hydrogen) atoms. The van der Waals surface area contributed by atoms with E-state index in [4.69, 9.17) is 11.5 Å². The van der Waals surface area contributed by atoms with Crippen LogP contribution in [0.3, 0.4) is 0 Å². The third-order valence-electron chi connectivity index (χ3n) is 7.84. The molecule has 5 N–H and O–H groups in total. The van der Waals surface area contributed by atoms with Crippen molar-refractivity contribution in [2.24, 2.45) is 0 Å². The second-order valence-corrected chi connectivity index (χ2v) is 12.3. The van der Waals surface area contributed by atoms with Crippen LogP contribution in [0.4, 0.5) is 24.5 Å². The van der Waals surface area contributed by atoms with E-state index in [0.717, 1.165) is 50.1 Å². The Morgan fingerprint density at radius 1 is 0.725 bits per heavy atom. The molecular formula is C31H30F3N3O2S. The van der Waals surface area contributed by atoms with Crippen molar-refractivity contribution in [1.82, 2.24) is 4.72 Å². The molecule has 0 aliphatic heterocycles. The summed E-state index contributed by atoms with van der Waals surface area (Å²) in [6.07, 6.45) is -4.69. The van der Waals surface area contributed by atoms with Crippen LogP contribution in [0.25, 0.3) is 11.1 Å². The van der Waals surface area contributed by atoms with Gasteiger partial charge in [0.05, 0.1) is 10.3 Å². The standard InChI is InChI=1S/C31H30F3N3O2S/c1-17-11-21(12-18(2)28(17)35)31(22-13-19(3)29(36)20(4)14-22)26-8-6-5-7-24(26)25-10-9-23(15-27(25)31)40(38,39)37-16-30(32,33)34/h5-15,37H,16,35-36H2,1-4H3. The lowest BCUT2D eigenvalue weighted by atomic mass is 9.66. The Balaban J connectivity index is 1.91. The SMILES string of the molecule is Cc1cc(C2(c3cc(C)c(N)c(C)c3)c3ccccc3-c3ccc(S(=O)(=O)NCC(F)(F)F)cc32)cc(C)c1N. The molecule has 0 fully saturated rings. The normalized spacial score (nSPS) is 14.2. The number of aryl methyl sites for hydroxylation is 4. The number of alkyl halides is 3. The number of rotatable bonds is 5. The molecule has 5 nitrogen and oxygen atoms in total. The summed E-state index contributed by atoms with van der Waals surface area (Å²) in [4.78, 5) is -0.250. The molecular weight excluding hydrogens is 535 g/mol. The van der Waals surface area contributed by atoms with E-state index in [-0.39, 0.29) is 4.90 Å². The van der Waals surface area contributed by atoms with Crippen molar-refractivity contribution in [3.63, 3.8) is 0 Å². The van der Waals surface area contributed by atoms with Gasteiger partial charge in [0.2, 0.25) is 10.0 Å². The topological polar surface area (TPSA) is 98.2 Å². The van der Waals surface area contributed by atoms with Crippen molar-refractivity contribution in [1.29, 1.82) is 0 Å². The molecule has 4 aromatic rings. The van der Waals surface area contributed by atoms with Gasteiger partial charge in [-0.1, -0.05) is 54.6 Å². The summed E-state index contributed by atoms with van der Waals surface area (Å²) in [6.45, 7) is 6.02. The number of nitrogens with one attached hydrogen (secondary N) is 1. The van der Waals surface area contributed by atoms with Crippen molar-refractivity contribution < 1.29 is 21.6 Å². The molecule has 208 valence electrons. The van der Waals surface area contributed by atoms with Gasteiger partial charge >= 0.3 is 6.18 Å². The molecule has 0 unspecified atom stereocenters. The number of nitrogens with two attached hydrogens (primary N) is 2. The van der Waals surface area contributed by atoms with Crippen molar-refractivity contribution in [3.05, 3.63) is 111 Å². The average molecular weight is 566 g/mol. The number of hydrogen-bond donors (Lipinski definition) is 3. The highest BCUT2D eigenvalue weighted by Crippen LogP contribution is 2.57. The van der Waals surface area contributed by atoms with Crippen LogP contribution < -0.4 is 16.2 Å². The van der Waals surface area contributed by atoms with E-state index in [0.29, 0.717) is 16.9 Å². The predicted octanol–water partition coefficient (Wildman–Crippen LogP) is 6.29. The zero-order valence-corrected chi connectivity index (χ0v) is 23.4. The molecule has 1 aliphatic carbocycles. The molecule has 1 aliphatic rings. The first kappa shape index (κ1) is 27.7. The summed E-state index contributed by atoms with van der Waals surface area (Å²) < 4.78 is 66.7. The number of halogens is 3. The molecule has 0 atom stereocenters. The molecule has 0 heterocycles. The Hall–Kier alpha value is -3.82. The monoisotopic (exact) mass is 565 g/mol. The first-order valence-corrected chi connectivity index (χ1v) is 14.2. The summed E-state index contributed by atoms with van der Waals surface area (Å²) in [6, 6.07) is 20.3. The van der Waals surface area contributed by atoms with Gasteiger partial charge in [-0.2, -0.15) is 13.2 Å². The summed E-state index contributed by atoms with van der Waals surface area (Å²) in [5.41, 5.74) is 21.5. The number of anilines is 2. The van der Waals surface area contributed by atoms with Crippen molar-refractivity contribution in [2.45, 2.75) is 44.2 Å². The molecule has 5 rings (SSSR count). The minimum atomic E-state index is -4.69. The molecule has 0 bridgehead atoms. The minimum Gasteiger partial charge on any atom is -0.398 e. The van der Waals surface area contributed by atoms with Gasteiger partial charge in [0.15, 0.2) is 0 Å². The highest BCUT2D eigenvalue weighted by molar-refractivity contribution is 7.89. The molecule has 0 radical (unpaired) electrons. The van der Waals surface area contributed by atoms with Crippen LogP contribution >= 0.6 is 0 Å². The maximum absolute atomic E-state index is 13.1. The maximum Gasteiger partial charge on any atom is 0.402 e. The van der Waals surface area contributed by atoms with E-state index in [1.807, 2.05) is 76.2 Å². The third-order valence-corrected chi connectivity index (χ3v) is 9.24. The van der Waals surface area contributed by atoms with Crippen LogP contribution in [-0.2, 0) is 15.4 Å². The van der Waals surface area contributed by atoms with Crippen LogP contribution in [-0.4, -0.2) is 21.1 Å². The summed E-state index contributed by atoms with van der Waals surface area (Å²) >= 11 is 0. The third kappa shape index (κ3) is 4.33. The zero-order valence-electron chi connectivity index (χ0n) is 22.6. The number of hydrogen-bond acceptors (Lipinski definition) is 4. The zero-order chi connectivity index (χ0) is 29.2. The Labute approximate surface area is 232 Å². The van der Waals surface area contributed by atoms with Gasteiger partial charge in [-0.25, -0.2) is 13.1 Å². The van der Waals surface area contributed by atoms with Crippen LogP contribution in [0.5, 0.6) is 0 Å². The van der Waals surface area contributed by atoms with Crippen molar-refractivity contribution in [3.8, 4) is 11.1 Å². The lowest BCUT2D eigenvalue weighted by Crippen LogP contribution is -2.34. The summed E-state index contributed by atoms with van der Waals surface area (Å²) in [5, 5.41) is 0. The second kappa shape index (κ2) is 9.38. The maximum atomic E-state index is 13.1. The summed E-state index contributed by atoms with van der Waals surface area (Å²) in [7, 11) is -4.47. The quantitative estimate of drug-likeness (QED) is 0.218. The lowest BCUT2D eigenvalue weighted by Gasteiger charge is -2.35. The fourth-order valence-electron chi connectivity index (χ4n) is 5.86. The fraction of sp³-hybridized carbons (Fsp3) is 0.226. The number of fused-ring (bicyclic) bond motifs is 3. The smallest absolute Gasteiger partial charge is 0.398 e. The van der Waals surface area contributed by atoms with Gasteiger partial charge in [0, 0.05) is 11.4 Å². The number of nitrogen functional groups attached to an aromatic ring is 2. The molecule has 0 saturated heterocycles. The van der Waals surface area contributed by atoms with E-state index in [1.165, 1.54) is 12.1 Å². The Kier molecular flexibility index (Phi) is 6.51. The van der Waals surface area contributed by atoms with Crippen molar-refractivity contribution >= 4 is 21.4 Å². The molecule has 0 saturated carbocycles. The van der Waals surface area contributed by atoms with E-state index in [2.05, 4.69) is 0 Å². The molecule has 0 spiro atoms. The van der Waals surface area contributed by atoms with Gasteiger partial charge in [0.1, 0.15) is 6.54 Å². The van der Waals surface area contributed by atoms with Crippen LogP contribution in [0, 0.1) is 27.7 Å². The van der Waals surface area contributed by atoms with E-state index in [9.17, 15) is 21.6 Å². The largest absolute Gasteiger partial charge is 0.402 e.